The lowest BCUT2D eigenvalue weighted by atomic mass is 10.0. The van der Waals surface area contributed by atoms with Crippen LogP contribution in [0.5, 0.6) is 0 Å². The number of ketones is 1. The van der Waals surface area contributed by atoms with E-state index in [1.54, 1.807) is 12.1 Å². The Morgan fingerprint density at radius 1 is 1.53 bits per heavy atom. The molecule has 0 bridgehead atoms. The summed E-state index contributed by atoms with van der Waals surface area (Å²) in [6.07, 6.45) is 1.43. The number of aliphatic imine (C=N–C) groups is 1. The predicted molar refractivity (Wildman–Crippen MR) is 59.4 cm³/mol. The number of nitrogens with one attached hydrogen (secondary N) is 1. The molecule has 15 heavy (non-hydrogen) atoms. The smallest absolute Gasteiger partial charge is 0.187 e. The number of carbonyl (C=O) groups excluding carboxylic acids is 1. The van der Waals surface area contributed by atoms with Gasteiger partial charge >= 0.3 is 0 Å². The van der Waals surface area contributed by atoms with Gasteiger partial charge in [-0.2, -0.15) is 5.48 Å². The Labute approximate surface area is 95.1 Å². The fourth-order valence-corrected chi connectivity index (χ4v) is 1.93. The minimum Gasteiger partial charge on any atom is -0.316 e. The van der Waals surface area contributed by atoms with Gasteiger partial charge in [0.1, 0.15) is 6.04 Å². The Morgan fingerprint density at radius 2 is 2.33 bits per heavy atom. The molecular weight excluding hydrogens is 260 g/mol. The molecule has 0 spiro atoms. The zero-order chi connectivity index (χ0) is 10.8. The van der Waals surface area contributed by atoms with Crippen molar-refractivity contribution in [1.82, 2.24) is 5.48 Å². The average molecular weight is 269 g/mol. The van der Waals surface area contributed by atoms with Crippen LogP contribution in [0.15, 0.2) is 27.7 Å². The van der Waals surface area contributed by atoms with Crippen molar-refractivity contribution in [2.24, 2.45) is 4.99 Å². The molecule has 0 amide bonds. The van der Waals surface area contributed by atoms with Gasteiger partial charge in [0.15, 0.2) is 5.78 Å². The molecule has 0 saturated carbocycles. The summed E-state index contributed by atoms with van der Waals surface area (Å²) in [5, 5.41) is 8.80. The first-order valence-corrected chi connectivity index (χ1v) is 5.24. The first-order chi connectivity index (χ1) is 7.22. The van der Waals surface area contributed by atoms with Crippen LogP contribution in [-0.4, -0.2) is 23.2 Å². The highest BCUT2D eigenvalue weighted by Crippen LogP contribution is 2.20. The predicted octanol–water partition coefficient (Wildman–Crippen LogP) is 1.56. The summed E-state index contributed by atoms with van der Waals surface area (Å²) in [6.45, 7) is 0.457. The van der Waals surface area contributed by atoms with Gasteiger partial charge in [0.2, 0.25) is 0 Å². The van der Waals surface area contributed by atoms with Crippen molar-refractivity contribution < 1.29 is 10.0 Å². The Bertz CT molecular complexity index is 431. The summed E-state index contributed by atoms with van der Waals surface area (Å²) < 4.78 is 0.916. The molecule has 1 aliphatic heterocycles. The van der Waals surface area contributed by atoms with Gasteiger partial charge in [-0.3, -0.25) is 9.79 Å². The van der Waals surface area contributed by atoms with E-state index in [0.717, 1.165) is 10.0 Å². The van der Waals surface area contributed by atoms with Gasteiger partial charge in [-0.05, 0) is 23.8 Å². The van der Waals surface area contributed by atoms with Gasteiger partial charge < -0.3 is 5.21 Å². The summed E-state index contributed by atoms with van der Waals surface area (Å²) >= 11 is 3.34. The van der Waals surface area contributed by atoms with E-state index in [2.05, 4.69) is 20.9 Å². The van der Waals surface area contributed by atoms with Crippen LogP contribution in [0.4, 0.5) is 0 Å². The third-order valence-electron chi connectivity index (χ3n) is 2.27. The second kappa shape index (κ2) is 4.22. The molecule has 1 aromatic rings. The lowest BCUT2D eigenvalue weighted by molar-refractivity contribution is 0.0853. The Kier molecular flexibility index (Phi) is 2.95. The maximum absolute atomic E-state index is 11.9. The second-order valence-electron chi connectivity index (χ2n) is 3.26. The van der Waals surface area contributed by atoms with Crippen molar-refractivity contribution in [1.29, 1.82) is 0 Å². The zero-order valence-electron chi connectivity index (χ0n) is 7.77. The monoisotopic (exact) mass is 268 g/mol. The SMILES string of the molecule is O=C1c2ccc(Br)cc2CN=CC1NO. The maximum atomic E-state index is 11.9. The number of benzene rings is 1. The van der Waals surface area contributed by atoms with E-state index in [-0.39, 0.29) is 5.78 Å². The van der Waals surface area contributed by atoms with Crippen LogP contribution in [0.1, 0.15) is 15.9 Å². The molecule has 5 heteroatoms. The van der Waals surface area contributed by atoms with Gasteiger partial charge in [-0.15, -0.1) is 0 Å². The molecule has 4 nitrogen and oxygen atoms in total. The van der Waals surface area contributed by atoms with Crippen molar-refractivity contribution in [2.45, 2.75) is 12.6 Å². The number of fused-ring (bicyclic) bond motifs is 1. The van der Waals surface area contributed by atoms with Gasteiger partial charge in [0.25, 0.3) is 0 Å². The largest absolute Gasteiger partial charge is 0.316 e. The minimum atomic E-state index is -0.743. The van der Waals surface area contributed by atoms with Crippen molar-refractivity contribution in [3.63, 3.8) is 0 Å². The third kappa shape index (κ3) is 1.99. The summed E-state index contributed by atoms with van der Waals surface area (Å²) in [4.78, 5) is 15.9. The molecule has 0 fully saturated rings. The van der Waals surface area contributed by atoms with Crippen molar-refractivity contribution in [3.8, 4) is 0 Å². The zero-order valence-corrected chi connectivity index (χ0v) is 9.36. The number of carbonyl (C=O) groups is 1. The van der Waals surface area contributed by atoms with E-state index in [0.29, 0.717) is 12.1 Å². The number of halogens is 1. The number of nitrogens with zero attached hydrogens (tertiary/aromatic N) is 1. The summed E-state index contributed by atoms with van der Waals surface area (Å²) in [7, 11) is 0. The molecule has 1 aliphatic rings. The summed E-state index contributed by atoms with van der Waals surface area (Å²) in [6, 6.07) is 4.66. The van der Waals surface area contributed by atoms with E-state index in [9.17, 15) is 4.79 Å². The second-order valence-corrected chi connectivity index (χ2v) is 4.18. The van der Waals surface area contributed by atoms with Crippen molar-refractivity contribution >= 4 is 27.9 Å². The van der Waals surface area contributed by atoms with E-state index in [4.69, 9.17) is 5.21 Å². The highest BCUT2D eigenvalue weighted by molar-refractivity contribution is 9.10. The Hall–Kier alpha value is -1.04. The quantitative estimate of drug-likeness (QED) is 0.760. The molecule has 0 saturated heterocycles. The first kappa shape index (κ1) is 10.5. The van der Waals surface area contributed by atoms with Gasteiger partial charge in [0.05, 0.1) is 6.54 Å². The lowest BCUT2D eigenvalue weighted by Gasteiger charge is -2.08. The maximum Gasteiger partial charge on any atom is 0.187 e. The first-order valence-electron chi connectivity index (χ1n) is 4.44. The highest BCUT2D eigenvalue weighted by Gasteiger charge is 2.22. The van der Waals surface area contributed by atoms with Gasteiger partial charge in [-0.25, -0.2) is 0 Å². The molecule has 1 atom stereocenters. The van der Waals surface area contributed by atoms with Gasteiger partial charge in [0, 0.05) is 16.3 Å². The number of hydrogen-bond donors (Lipinski definition) is 2. The fourth-order valence-electron chi connectivity index (χ4n) is 1.52. The van der Waals surface area contributed by atoms with Crippen molar-refractivity contribution in [2.75, 3.05) is 0 Å². The molecule has 0 aromatic heterocycles. The molecule has 1 aromatic carbocycles. The van der Waals surface area contributed by atoms with E-state index in [1.807, 2.05) is 11.5 Å². The van der Waals surface area contributed by atoms with Crippen LogP contribution < -0.4 is 5.48 Å². The Morgan fingerprint density at radius 3 is 3.07 bits per heavy atom. The molecule has 0 aliphatic carbocycles. The molecule has 78 valence electrons. The fraction of sp³-hybridized carbons (Fsp3) is 0.200. The van der Waals surface area contributed by atoms with E-state index >= 15 is 0 Å². The normalized spacial score (nSPS) is 19.9. The molecular formula is C10H9BrN2O2. The van der Waals surface area contributed by atoms with E-state index < -0.39 is 6.04 Å². The molecule has 1 unspecified atom stereocenters. The van der Waals surface area contributed by atoms with Crippen LogP contribution in [-0.2, 0) is 6.54 Å². The number of hydroxylamine groups is 1. The van der Waals surface area contributed by atoms with Gasteiger partial charge in [-0.1, -0.05) is 15.9 Å². The number of hydrogen-bond acceptors (Lipinski definition) is 4. The highest BCUT2D eigenvalue weighted by atomic mass is 79.9. The van der Waals surface area contributed by atoms with Crippen LogP contribution in [0, 0.1) is 0 Å². The van der Waals surface area contributed by atoms with Crippen LogP contribution in [0.25, 0.3) is 0 Å². The molecule has 2 N–H and O–H groups in total. The standard InChI is InChI=1S/C10H9BrN2O2/c11-7-1-2-8-6(3-7)4-12-5-9(13-15)10(8)14/h1-3,5,9,13,15H,4H2. The lowest BCUT2D eigenvalue weighted by Crippen LogP contribution is -2.35. The van der Waals surface area contributed by atoms with Crippen LogP contribution in [0.3, 0.4) is 0 Å². The Balaban J connectivity index is 2.48. The number of rotatable bonds is 1. The molecule has 2 rings (SSSR count). The van der Waals surface area contributed by atoms with Crippen LogP contribution in [0.2, 0.25) is 0 Å². The van der Waals surface area contributed by atoms with Crippen LogP contribution >= 0.6 is 15.9 Å². The molecule has 1 heterocycles. The number of Topliss-reactive ketones (excluding diaryl/α,β-unsaturated/α-hetero) is 1. The van der Waals surface area contributed by atoms with E-state index in [1.165, 1.54) is 6.21 Å². The summed E-state index contributed by atoms with van der Waals surface area (Å²) in [5.74, 6) is -0.166. The molecule has 0 radical (unpaired) electrons. The average Bonchev–Trinajstić information content (AvgIpc) is 2.37. The minimum absolute atomic E-state index is 0.166. The van der Waals surface area contributed by atoms with Crippen molar-refractivity contribution in [3.05, 3.63) is 33.8 Å². The topological polar surface area (TPSA) is 61.7 Å². The summed E-state index contributed by atoms with van der Waals surface area (Å²) in [5.41, 5.74) is 3.40. The third-order valence-corrected chi connectivity index (χ3v) is 2.76.